The first-order chi connectivity index (χ1) is 45.4. The molecule has 6 heteroatoms. The highest BCUT2D eigenvalue weighted by Crippen LogP contribution is 2.60. The van der Waals surface area contributed by atoms with Crippen LogP contribution >= 0.6 is 0 Å². The molecule has 6 nitrogen and oxygen atoms in total. The summed E-state index contributed by atoms with van der Waals surface area (Å²) in [6.07, 6.45) is 7.08. The highest BCUT2D eigenvalue weighted by atomic mass is 16.5. The number of nitrogens with zero attached hydrogens (tertiary/aromatic N) is 2. The van der Waals surface area contributed by atoms with E-state index in [1.807, 2.05) is 0 Å². The third kappa shape index (κ3) is 10.4. The van der Waals surface area contributed by atoms with E-state index in [1.54, 1.807) is 24.3 Å². The lowest BCUT2D eigenvalue weighted by Gasteiger charge is -2.35. The van der Waals surface area contributed by atoms with Gasteiger partial charge in [-0.05, 0) is 199 Å². The number of para-hydroxylation sites is 2. The maximum Gasteiger partial charge on any atom is 0.119 e. The second-order valence-corrected chi connectivity index (χ2v) is 23.0. The summed E-state index contributed by atoms with van der Waals surface area (Å²) in [6, 6.07) is 105. The zero-order valence-corrected chi connectivity index (χ0v) is 51.2. The Morgan fingerprint density at radius 3 is 0.815 bits per heavy atom. The second kappa shape index (κ2) is 25.5. The number of ether oxygens (including phenoxy) is 4. The van der Waals surface area contributed by atoms with Crippen LogP contribution in [0.5, 0.6) is 23.0 Å². The second-order valence-electron chi connectivity index (χ2n) is 23.0. The minimum atomic E-state index is -0.691. The van der Waals surface area contributed by atoms with Crippen LogP contribution in [0.2, 0.25) is 0 Å². The predicted molar refractivity (Wildman–Crippen MR) is 379 cm³/mol. The monoisotopic (exact) mass is 1190 g/mol. The molecule has 0 amide bonds. The van der Waals surface area contributed by atoms with E-state index >= 15 is 0 Å². The number of benzene rings is 12. The molecule has 0 atom stereocenters. The van der Waals surface area contributed by atoms with Crippen molar-refractivity contribution < 1.29 is 18.9 Å². The molecule has 0 aromatic heterocycles. The van der Waals surface area contributed by atoms with Crippen molar-refractivity contribution in [1.29, 1.82) is 0 Å². The summed E-state index contributed by atoms with van der Waals surface area (Å²) in [5.74, 6) is 3.15. The molecule has 0 bridgehead atoms. The average molecular weight is 1190 g/mol. The molecule has 2 aliphatic carbocycles. The number of hydrogen-bond acceptors (Lipinski definition) is 6. The van der Waals surface area contributed by atoms with E-state index in [1.165, 1.54) is 44.5 Å². The molecule has 12 aromatic rings. The molecule has 0 N–H and O–H groups in total. The molecule has 0 fully saturated rings. The first kappa shape index (κ1) is 58.1. The van der Waals surface area contributed by atoms with Gasteiger partial charge in [-0.25, -0.2) is 0 Å². The summed E-state index contributed by atoms with van der Waals surface area (Å²) >= 11 is 0. The third-order valence-electron chi connectivity index (χ3n) is 17.8. The quantitative estimate of drug-likeness (QED) is 0.0595. The molecule has 0 aliphatic heterocycles. The van der Waals surface area contributed by atoms with Crippen LogP contribution < -0.4 is 28.7 Å². The smallest absolute Gasteiger partial charge is 0.119 e. The standard InChI is InChI=1S/C86H68N2O4/c1-5-55-89-73-45-31-63(32-46-73)85(64-33-47-74(48-34-64)90-56-6-2)81-25-17-15-23-77(81)79-53-43-71(59-83(79)85)87(67-19-11-9-12-20-67)69-39-27-61(28-40-69)62-29-41-70(42-30-62)88(68-21-13-10-14-22-68)72-44-54-80-78-24-16-18-26-82(78)86(84(80)60-72,65-35-49-75(50-36-65)91-57-7-3)66-37-51-76(52-38-66)92-58-8-4/h5-54,59-60H,1-4,55-58H2. The highest BCUT2D eigenvalue weighted by Gasteiger charge is 2.48. The van der Waals surface area contributed by atoms with Crippen LogP contribution in [0.25, 0.3) is 33.4 Å². The van der Waals surface area contributed by atoms with Gasteiger partial charge in [0.2, 0.25) is 0 Å². The van der Waals surface area contributed by atoms with Crippen molar-refractivity contribution in [3.63, 3.8) is 0 Å². The molecular weight excluding hydrogens is 1120 g/mol. The Labute approximate surface area is 539 Å². The fourth-order valence-corrected chi connectivity index (χ4v) is 13.9. The molecule has 12 aromatic carbocycles. The number of anilines is 6. The topological polar surface area (TPSA) is 43.4 Å². The maximum atomic E-state index is 6.05. The van der Waals surface area contributed by atoms with Crippen LogP contribution in [0.4, 0.5) is 34.1 Å². The Balaban J connectivity index is 0.839. The fourth-order valence-electron chi connectivity index (χ4n) is 13.9. The van der Waals surface area contributed by atoms with Crippen LogP contribution in [0.3, 0.4) is 0 Å². The molecule has 92 heavy (non-hydrogen) atoms. The maximum absolute atomic E-state index is 6.05. The summed E-state index contributed by atoms with van der Waals surface area (Å²) in [4.78, 5) is 4.73. The van der Waals surface area contributed by atoms with Gasteiger partial charge in [-0.15, -0.1) is 0 Å². The van der Waals surface area contributed by atoms with Crippen LogP contribution in [-0.2, 0) is 10.8 Å². The molecule has 446 valence electrons. The van der Waals surface area contributed by atoms with E-state index in [0.717, 1.165) is 90.5 Å². The number of rotatable bonds is 23. The lowest BCUT2D eigenvalue weighted by molar-refractivity contribution is 0.362. The van der Waals surface area contributed by atoms with Gasteiger partial charge in [0.25, 0.3) is 0 Å². The lowest BCUT2D eigenvalue weighted by Crippen LogP contribution is -2.28. The van der Waals surface area contributed by atoms with Crippen molar-refractivity contribution in [2.75, 3.05) is 36.2 Å². The van der Waals surface area contributed by atoms with Crippen molar-refractivity contribution in [3.8, 4) is 56.4 Å². The summed E-state index contributed by atoms with van der Waals surface area (Å²) in [6.45, 7) is 17.2. The Hall–Kier alpha value is -11.6. The van der Waals surface area contributed by atoms with Gasteiger partial charge in [-0.3, -0.25) is 0 Å². The largest absolute Gasteiger partial charge is 0.490 e. The minimum absolute atomic E-state index is 0.424. The van der Waals surface area contributed by atoms with Gasteiger partial charge in [0.1, 0.15) is 49.4 Å². The van der Waals surface area contributed by atoms with E-state index in [4.69, 9.17) is 18.9 Å². The normalized spacial score (nSPS) is 12.7. The van der Waals surface area contributed by atoms with Gasteiger partial charge in [-0.2, -0.15) is 0 Å². The van der Waals surface area contributed by atoms with E-state index < -0.39 is 10.8 Å². The van der Waals surface area contributed by atoms with Crippen molar-refractivity contribution in [3.05, 3.63) is 386 Å². The van der Waals surface area contributed by atoms with E-state index in [-0.39, 0.29) is 0 Å². The van der Waals surface area contributed by atoms with Gasteiger partial charge in [0.15, 0.2) is 0 Å². The molecule has 0 saturated carbocycles. The SMILES string of the molecule is C=CCOc1ccc(C2(c3ccc(OCC=C)cc3)c3ccccc3-c3ccc(N(c4ccccc4)c4ccc(-c5ccc(N(c6ccccc6)c6ccc7c(c6)C(c6ccc(OCC=C)cc6)(c6ccc(OCC=C)cc6)c6ccccc6-7)cc5)cc4)cc32)cc1. The van der Waals surface area contributed by atoms with E-state index in [9.17, 15) is 0 Å². The minimum Gasteiger partial charge on any atom is -0.490 e. The Morgan fingerprint density at radius 2 is 0.511 bits per heavy atom. The average Bonchev–Trinajstić information content (AvgIpc) is 1.53. The summed E-state index contributed by atoms with van der Waals surface area (Å²) in [5.41, 5.74) is 21.1. The summed E-state index contributed by atoms with van der Waals surface area (Å²) in [7, 11) is 0. The van der Waals surface area contributed by atoms with Gasteiger partial charge < -0.3 is 28.7 Å². The van der Waals surface area contributed by atoms with E-state index in [0.29, 0.717) is 26.4 Å². The molecular formula is C86H68N2O4. The van der Waals surface area contributed by atoms with Crippen LogP contribution in [-0.4, -0.2) is 26.4 Å². The number of fused-ring (bicyclic) bond motifs is 6. The summed E-state index contributed by atoms with van der Waals surface area (Å²) in [5, 5.41) is 0. The first-order valence-electron chi connectivity index (χ1n) is 31.2. The van der Waals surface area contributed by atoms with Crippen LogP contribution in [0, 0.1) is 0 Å². The number of hydrogen-bond donors (Lipinski definition) is 0. The Morgan fingerprint density at radius 1 is 0.250 bits per heavy atom. The van der Waals surface area contributed by atoms with Gasteiger partial charge in [-0.1, -0.05) is 220 Å². The molecule has 0 saturated heterocycles. The summed E-state index contributed by atoms with van der Waals surface area (Å²) < 4.78 is 24.2. The fraction of sp³-hybridized carbons (Fsp3) is 0.0698. The highest BCUT2D eigenvalue weighted by molar-refractivity contribution is 5.92. The van der Waals surface area contributed by atoms with Crippen molar-refractivity contribution in [2.24, 2.45) is 0 Å². The van der Waals surface area contributed by atoms with Crippen LogP contribution in [0.15, 0.2) is 342 Å². The molecule has 0 radical (unpaired) electrons. The van der Waals surface area contributed by atoms with Gasteiger partial charge in [0.05, 0.1) is 10.8 Å². The molecule has 0 unspecified atom stereocenters. The molecule has 2 aliphatic rings. The molecule has 0 heterocycles. The van der Waals surface area contributed by atoms with Gasteiger partial charge in [0, 0.05) is 34.1 Å². The molecule has 0 spiro atoms. The van der Waals surface area contributed by atoms with Gasteiger partial charge >= 0.3 is 0 Å². The Kier molecular flexibility index (Phi) is 16.1. The molecule has 14 rings (SSSR count). The lowest BCUT2D eigenvalue weighted by atomic mass is 9.67. The zero-order valence-electron chi connectivity index (χ0n) is 51.2. The van der Waals surface area contributed by atoms with Crippen molar-refractivity contribution >= 4 is 34.1 Å². The third-order valence-corrected chi connectivity index (χ3v) is 17.8. The Bertz CT molecular complexity index is 4210. The first-order valence-corrected chi connectivity index (χ1v) is 31.2. The van der Waals surface area contributed by atoms with Crippen molar-refractivity contribution in [2.45, 2.75) is 10.8 Å². The van der Waals surface area contributed by atoms with Crippen LogP contribution in [0.1, 0.15) is 44.5 Å². The zero-order chi connectivity index (χ0) is 62.4. The van der Waals surface area contributed by atoms with Crippen molar-refractivity contribution in [1.82, 2.24) is 0 Å². The van der Waals surface area contributed by atoms with E-state index in [2.05, 4.69) is 327 Å². The predicted octanol–water partition coefficient (Wildman–Crippen LogP) is 21.3.